The van der Waals surface area contributed by atoms with Crippen LogP contribution in [0.3, 0.4) is 0 Å². The van der Waals surface area contributed by atoms with Gasteiger partial charge in [0.05, 0.1) is 24.7 Å². The number of hydrogen-bond acceptors (Lipinski definition) is 4. The van der Waals surface area contributed by atoms with Crippen LogP contribution in [0.1, 0.15) is 37.8 Å². The van der Waals surface area contributed by atoms with Crippen LogP contribution in [0.2, 0.25) is 0 Å². The molecule has 1 atom stereocenters. The third-order valence-electron chi connectivity index (χ3n) is 4.49. The van der Waals surface area contributed by atoms with Crippen molar-refractivity contribution < 1.29 is 14.6 Å². The van der Waals surface area contributed by atoms with Crippen LogP contribution in [0.5, 0.6) is 11.5 Å². The summed E-state index contributed by atoms with van der Waals surface area (Å²) in [5, 5.41) is 10.3. The number of para-hydroxylation sites is 2. The monoisotopic (exact) mass is 366 g/mol. The van der Waals surface area contributed by atoms with Crippen molar-refractivity contribution in [3.8, 4) is 11.5 Å². The molecule has 0 aliphatic rings. The number of imidazole rings is 1. The van der Waals surface area contributed by atoms with E-state index in [1.807, 2.05) is 73.0 Å². The molecule has 0 aliphatic heterocycles. The van der Waals surface area contributed by atoms with Gasteiger partial charge in [-0.2, -0.15) is 0 Å². The molecule has 142 valence electrons. The summed E-state index contributed by atoms with van der Waals surface area (Å²) in [7, 11) is 1.64. The van der Waals surface area contributed by atoms with Crippen molar-refractivity contribution in [1.82, 2.24) is 9.55 Å². The lowest BCUT2D eigenvalue weighted by Crippen LogP contribution is -2.14. The normalized spacial score (nSPS) is 12.6. The Morgan fingerprint density at radius 2 is 2.00 bits per heavy atom. The number of allylic oxidation sites excluding steroid dienone is 1. The van der Waals surface area contributed by atoms with E-state index in [0.717, 1.165) is 16.6 Å². The lowest BCUT2D eigenvalue weighted by atomic mass is 10.2. The summed E-state index contributed by atoms with van der Waals surface area (Å²) in [6, 6.07) is 13.8. The summed E-state index contributed by atoms with van der Waals surface area (Å²) in [5.74, 6) is 2.08. The minimum absolute atomic E-state index is 0.448. The van der Waals surface area contributed by atoms with E-state index in [2.05, 4.69) is 4.98 Å². The molecule has 0 fully saturated rings. The van der Waals surface area contributed by atoms with Crippen LogP contribution in [0.4, 0.5) is 0 Å². The average Bonchev–Trinajstić information content (AvgIpc) is 3.07. The summed E-state index contributed by atoms with van der Waals surface area (Å²) >= 11 is 0. The van der Waals surface area contributed by atoms with Gasteiger partial charge in [0.15, 0.2) is 11.5 Å². The molecule has 1 unspecified atom stereocenters. The lowest BCUT2D eigenvalue weighted by molar-refractivity contribution is 0.157. The van der Waals surface area contributed by atoms with E-state index in [1.54, 1.807) is 7.11 Å². The zero-order valence-corrected chi connectivity index (χ0v) is 16.1. The zero-order chi connectivity index (χ0) is 19.2. The predicted molar refractivity (Wildman–Crippen MR) is 108 cm³/mol. The van der Waals surface area contributed by atoms with Crippen molar-refractivity contribution in [2.24, 2.45) is 0 Å². The van der Waals surface area contributed by atoms with Crippen LogP contribution >= 0.6 is 0 Å². The summed E-state index contributed by atoms with van der Waals surface area (Å²) in [4.78, 5) is 4.60. The first-order valence-corrected chi connectivity index (χ1v) is 9.24. The maximum atomic E-state index is 10.3. The number of fused-ring (bicyclic) bond motifs is 1. The Labute approximate surface area is 159 Å². The number of aromatic nitrogens is 2. The SMILES string of the molecule is C/C=C/c1ccc(OCCn2c(C(O)CC)nc3ccccc32)c(OC)c1. The maximum Gasteiger partial charge on any atom is 0.161 e. The highest BCUT2D eigenvalue weighted by atomic mass is 16.5. The van der Waals surface area contributed by atoms with Gasteiger partial charge in [-0.1, -0.05) is 37.3 Å². The number of aliphatic hydroxyl groups is 1. The zero-order valence-electron chi connectivity index (χ0n) is 16.1. The Morgan fingerprint density at radius 1 is 1.19 bits per heavy atom. The van der Waals surface area contributed by atoms with E-state index in [4.69, 9.17) is 9.47 Å². The van der Waals surface area contributed by atoms with E-state index < -0.39 is 6.10 Å². The third-order valence-corrected chi connectivity index (χ3v) is 4.49. The van der Waals surface area contributed by atoms with Crippen molar-refractivity contribution in [3.05, 3.63) is 59.9 Å². The topological polar surface area (TPSA) is 56.5 Å². The molecule has 5 nitrogen and oxygen atoms in total. The highest BCUT2D eigenvalue weighted by Crippen LogP contribution is 2.29. The molecular weight excluding hydrogens is 340 g/mol. The molecule has 3 aromatic rings. The van der Waals surface area contributed by atoms with Crippen LogP contribution in [0.15, 0.2) is 48.5 Å². The second-order valence-corrected chi connectivity index (χ2v) is 6.29. The fraction of sp³-hybridized carbons (Fsp3) is 0.318. The molecule has 0 bridgehead atoms. The Bertz CT molecular complexity index is 930. The standard InChI is InChI=1S/C22H26N2O3/c1-4-8-16-11-12-20(21(15-16)26-3)27-14-13-24-18-10-7-6-9-17(18)23-22(24)19(25)5-2/h4,6-12,15,19,25H,5,13-14H2,1-3H3/b8-4+. The third kappa shape index (κ3) is 4.14. The largest absolute Gasteiger partial charge is 0.493 e. The number of nitrogens with zero attached hydrogens (tertiary/aromatic N) is 2. The van der Waals surface area contributed by atoms with E-state index in [9.17, 15) is 5.11 Å². The van der Waals surface area contributed by atoms with Crippen LogP contribution in [0, 0.1) is 0 Å². The fourth-order valence-electron chi connectivity index (χ4n) is 3.11. The van der Waals surface area contributed by atoms with Gasteiger partial charge < -0.3 is 19.1 Å². The molecule has 0 aliphatic carbocycles. The van der Waals surface area contributed by atoms with Crippen molar-refractivity contribution in [2.75, 3.05) is 13.7 Å². The molecule has 27 heavy (non-hydrogen) atoms. The first-order valence-electron chi connectivity index (χ1n) is 9.24. The molecule has 1 N–H and O–H groups in total. The van der Waals surface area contributed by atoms with Gasteiger partial charge in [-0.05, 0) is 43.2 Å². The summed E-state index contributed by atoms with van der Waals surface area (Å²) in [5.41, 5.74) is 2.95. The Hall–Kier alpha value is -2.79. The van der Waals surface area contributed by atoms with E-state index in [-0.39, 0.29) is 0 Å². The molecule has 2 aromatic carbocycles. The van der Waals surface area contributed by atoms with Gasteiger partial charge in [0.1, 0.15) is 18.5 Å². The molecule has 0 saturated carbocycles. The summed E-state index contributed by atoms with van der Waals surface area (Å²) in [6.07, 6.45) is 4.03. The number of rotatable bonds is 8. The number of aliphatic hydroxyl groups excluding tert-OH is 1. The number of benzene rings is 2. The second-order valence-electron chi connectivity index (χ2n) is 6.29. The fourth-order valence-corrected chi connectivity index (χ4v) is 3.11. The van der Waals surface area contributed by atoms with E-state index in [1.165, 1.54) is 0 Å². The quantitative estimate of drug-likeness (QED) is 0.633. The van der Waals surface area contributed by atoms with Gasteiger partial charge in [-0.15, -0.1) is 0 Å². The summed E-state index contributed by atoms with van der Waals surface area (Å²) in [6.45, 7) is 4.96. The van der Waals surface area contributed by atoms with Crippen molar-refractivity contribution in [2.45, 2.75) is 32.9 Å². The predicted octanol–water partition coefficient (Wildman–Crippen LogP) is 4.60. The maximum absolute atomic E-state index is 10.3. The molecule has 5 heteroatoms. The number of methoxy groups -OCH3 is 1. The van der Waals surface area contributed by atoms with Crippen LogP contribution in [0.25, 0.3) is 17.1 Å². The van der Waals surface area contributed by atoms with Crippen molar-refractivity contribution in [1.29, 1.82) is 0 Å². The Kier molecular flexibility index (Phi) is 6.14. The minimum atomic E-state index is -0.591. The molecule has 3 rings (SSSR count). The Morgan fingerprint density at radius 3 is 2.74 bits per heavy atom. The highest BCUT2D eigenvalue weighted by molar-refractivity contribution is 5.76. The summed E-state index contributed by atoms with van der Waals surface area (Å²) < 4.78 is 13.5. The molecule has 0 saturated heterocycles. The lowest BCUT2D eigenvalue weighted by Gasteiger charge is -2.15. The molecule has 0 amide bonds. The van der Waals surface area contributed by atoms with Crippen molar-refractivity contribution in [3.63, 3.8) is 0 Å². The average molecular weight is 366 g/mol. The molecular formula is C22H26N2O3. The minimum Gasteiger partial charge on any atom is -0.493 e. The van der Waals surface area contributed by atoms with Gasteiger partial charge >= 0.3 is 0 Å². The van der Waals surface area contributed by atoms with Gasteiger partial charge in [0.25, 0.3) is 0 Å². The van der Waals surface area contributed by atoms with Crippen LogP contribution < -0.4 is 9.47 Å². The molecule has 1 heterocycles. The van der Waals surface area contributed by atoms with E-state index >= 15 is 0 Å². The number of hydrogen-bond donors (Lipinski definition) is 1. The second kappa shape index (κ2) is 8.73. The number of ether oxygens (including phenoxy) is 2. The van der Waals surface area contributed by atoms with E-state index in [0.29, 0.717) is 36.9 Å². The molecule has 1 aromatic heterocycles. The van der Waals surface area contributed by atoms with Crippen LogP contribution in [-0.4, -0.2) is 28.4 Å². The van der Waals surface area contributed by atoms with Crippen molar-refractivity contribution >= 4 is 17.1 Å². The van der Waals surface area contributed by atoms with Gasteiger partial charge in [0.2, 0.25) is 0 Å². The van der Waals surface area contributed by atoms with Crippen LogP contribution in [-0.2, 0) is 6.54 Å². The first kappa shape index (κ1) is 19.0. The smallest absolute Gasteiger partial charge is 0.161 e. The molecule has 0 radical (unpaired) electrons. The van der Waals surface area contributed by atoms with Gasteiger partial charge in [0, 0.05) is 0 Å². The highest BCUT2D eigenvalue weighted by Gasteiger charge is 2.16. The van der Waals surface area contributed by atoms with Gasteiger partial charge in [-0.25, -0.2) is 4.98 Å². The molecule has 0 spiro atoms. The first-order chi connectivity index (χ1) is 13.2. The Balaban J connectivity index is 1.79. The van der Waals surface area contributed by atoms with Gasteiger partial charge in [-0.3, -0.25) is 0 Å².